The van der Waals surface area contributed by atoms with Crippen molar-refractivity contribution in [1.82, 2.24) is 4.90 Å². The molecular weight excluding hydrogens is 290 g/mol. The van der Waals surface area contributed by atoms with Gasteiger partial charge in [0.25, 0.3) is 5.91 Å². The number of carbonyl (C=O) groups excluding carboxylic acids is 2. The van der Waals surface area contributed by atoms with E-state index in [1.165, 1.54) is 4.90 Å². The van der Waals surface area contributed by atoms with Crippen molar-refractivity contribution in [2.45, 2.75) is 6.92 Å². The van der Waals surface area contributed by atoms with Crippen LogP contribution in [0.5, 0.6) is 0 Å². The summed E-state index contributed by atoms with van der Waals surface area (Å²) >= 11 is 0. The second kappa shape index (κ2) is 7.45. The van der Waals surface area contributed by atoms with Gasteiger partial charge in [-0.05, 0) is 43.3 Å². The van der Waals surface area contributed by atoms with E-state index < -0.39 is 0 Å². The van der Waals surface area contributed by atoms with Crippen LogP contribution >= 0.6 is 0 Å². The number of carbonyl (C=O) groups is 2. The molecule has 2 aromatic rings. The second-order valence-electron chi connectivity index (χ2n) is 5.54. The maximum absolute atomic E-state index is 11.9. The maximum Gasteiger partial charge on any atom is 0.253 e. The molecule has 23 heavy (non-hydrogen) atoms. The molecule has 2 amide bonds. The van der Waals surface area contributed by atoms with E-state index >= 15 is 0 Å². The maximum atomic E-state index is 11.9. The number of anilines is 2. The summed E-state index contributed by atoms with van der Waals surface area (Å²) in [5.41, 5.74) is 3.33. The van der Waals surface area contributed by atoms with Gasteiger partial charge in [-0.2, -0.15) is 0 Å². The number of hydrogen-bond acceptors (Lipinski definition) is 3. The molecular formula is C18H21N3O2. The fourth-order valence-corrected chi connectivity index (χ4v) is 2.01. The van der Waals surface area contributed by atoms with E-state index in [0.717, 1.165) is 16.9 Å². The molecule has 0 aromatic heterocycles. The lowest BCUT2D eigenvalue weighted by Gasteiger charge is -2.11. The number of hydrogen-bond donors (Lipinski definition) is 2. The largest absolute Gasteiger partial charge is 0.376 e. The van der Waals surface area contributed by atoms with Crippen LogP contribution in [0.3, 0.4) is 0 Å². The molecule has 0 bridgehead atoms. The summed E-state index contributed by atoms with van der Waals surface area (Å²) in [6, 6.07) is 14.7. The minimum atomic E-state index is -0.123. The molecule has 0 heterocycles. The summed E-state index contributed by atoms with van der Waals surface area (Å²) < 4.78 is 0. The summed E-state index contributed by atoms with van der Waals surface area (Å²) in [7, 11) is 3.42. The lowest BCUT2D eigenvalue weighted by atomic mass is 10.2. The van der Waals surface area contributed by atoms with Gasteiger partial charge in [0.2, 0.25) is 5.91 Å². The third-order valence-corrected chi connectivity index (χ3v) is 3.33. The molecule has 5 nitrogen and oxygen atoms in total. The number of nitrogens with zero attached hydrogens (tertiary/aromatic N) is 1. The third-order valence-electron chi connectivity index (χ3n) is 3.33. The summed E-state index contributed by atoms with van der Waals surface area (Å²) in [5.74, 6) is -0.170. The standard InChI is InChI=1S/C18H21N3O2/c1-13-4-8-16(9-5-13)20-17(22)12-19-15-10-6-14(7-11-15)18(23)21(2)3/h4-11,19H,12H2,1-3H3,(H,20,22). The SMILES string of the molecule is Cc1ccc(NC(=O)CNc2ccc(C(=O)N(C)C)cc2)cc1. The molecule has 0 aliphatic carbocycles. The van der Waals surface area contributed by atoms with Crippen LogP contribution in [0.2, 0.25) is 0 Å². The van der Waals surface area contributed by atoms with Crippen molar-refractivity contribution in [2.24, 2.45) is 0 Å². The number of nitrogens with one attached hydrogen (secondary N) is 2. The molecule has 0 saturated heterocycles. The van der Waals surface area contributed by atoms with Crippen LogP contribution in [-0.2, 0) is 4.79 Å². The summed E-state index contributed by atoms with van der Waals surface area (Å²) in [6.45, 7) is 2.16. The van der Waals surface area contributed by atoms with Gasteiger partial charge < -0.3 is 15.5 Å². The van der Waals surface area contributed by atoms with Crippen molar-refractivity contribution < 1.29 is 9.59 Å². The molecule has 2 N–H and O–H groups in total. The molecule has 2 aromatic carbocycles. The zero-order valence-electron chi connectivity index (χ0n) is 13.6. The molecule has 0 aliphatic rings. The smallest absolute Gasteiger partial charge is 0.253 e. The Kier molecular flexibility index (Phi) is 5.36. The Labute approximate surface area is 136 Å². The first-order valence-corrected chi connectivity index (χ1v) is 7.38. The fourth-order valence-electron chi connectivity index (χ4n) is 2.01. The quantitative estimate of drug-likeness (QED) is 0.892. The zero-order chi connectivity index (χ0) is 16.8. The van der Waals surface area contributed by atoms with E-state index in [-0.39, 0.29) is 18.4 Å². The first kappa shape index (κ1) is 16.5. The Morgan fingerprint density at radius 1 is 0.913 bits per heavy atom. The van der Waals surface area contributed by atoms with E-state index in [1.54, 1.807) is 38.4 Å². The molecule has 0 aliphatic heterocycles. The van der Waals surface area contributed by atoms with Crippen molar-refractivity contribution in [1.29, 1.82) is 0 Å². The van der Waals surface area contributed by atoms with Crippen molar-refractivity contribution in [3.63, 3.8) is 0 Å². The highest BCUT2D eigenvalue weighted by Gasteiger charge is 2.07. The highest BCUT2D eigenvalue weighted by Crippen LogP contribution is 2.11. The van der Waals surface area contributed by atoms with E-state index in [2.05, 4.69) is 10.6 Å². The van der Waals surface area contributed by atoms with E-state index in [1.807, 2.05) is 31.2 Å². The van der Waals surface area contributed by atoms with Gasteiger partial charge >= 0.3 is 0 Å². The molecule has 0 atom stereocenters. The highest BCUT2D eigenvalue weighted by atomic mass is 16.2. The zero-order valence-corrected chi connectivity index (χ0v) is 13.6. The number of benzene rings is 2. The van der Waals surface area contributed by atoms with Crippen LogP contribution in [0, 0.1) is 6.92 Å². The van der Waals surface area contributed by atoms with Gasteiger partial charge in [-0.25, -0.2) is 0 Å². The van der Waals surface area contributed by atoms with Crippen LogP contribution < -0.4 is 10.6 Å². The molecule has 2 rings (SSSR count). The Bertz CT molecular complexity index is 676. The van der Waals surface area contributed by atoms with Gasteiger partial charge in [0, 0.05) is 31.0 Å². The van der Waals surface area contributed by atoms with Crippen LogP contribution in [0.4, 0.5) is 11.4 Å². The average molecular weight is 311 g/mol. The van der Waals surface area contributed by atoms with E-state index in [0.29, 0.717) is 5.56 Å². The van der Waals surface area contributed by atoms with Crippen LogP contribution in [0.15, 0.2) is 48.5 Å². The van der Waals surface area contributed by atoms with E-state index in [4.69, 9.17) is 0 Å². The van der Waals surface area contributed by atoms with Crippen LogP contribution in [0.1, 0.15) is 15.9 Å². The molecule has 0 fully saturated rings. The van der Waals surface area contributed by atoms with Gasteiger partial charge in [0.05, 0.1) is 6.54 Å². The van der Waals surface area contributed by atoms with Gasteiger partial charge in [-0.15, -0.1) is 0 Å². The van der Waals surface area contributed by atoms with E-state index in [9.17, 15) is 9.59 Å². The Balaban J connectivity index is 1.86. The van der Waals surface area contributed by atoms with Crippen molar-refractivity contribution >= 4 is 23.2 Å². The molecule has 120 valence electrons. The van der Waals surface area contributed by atoms with Gasteiger partial charge in [0.1, 0.15) is 0 Å². The van der Waals surface area contributed by atoms with Crippen LogP contribution in [0.25, 0.3) is 0 Å². The fraction of sp³-hybridized carbons (Fsp3) is 0.222. The van der Waals surface area contributed by atoms with Gasteiger partial charge in [-0.1, -0.05) is 17.7 Å². The second-order valence-corrected chi connectivity index (χ2v) is 5.54. The normalized spacial score (nSPS) is 10.0. The number of aryl methyl sites for hydroxylation is 1. The lowest BCUT2D eigenvalue weighted by molar-refractivity contribution is -0.114. The van der Waals surface area contributed by atoms with Gasteiger partial charge in [0.15, 0.2) is 0 Å². The van der Waals surface area contributed by atoms with Crippen molar-refractivity contribution in [3.05, 3.63) is 59.7 Å². The molecule has 0 unspecified atom stereocenters. The van der Waals surface area contributed by atoms with Crippen molar-refractivity contribution in [2.75, 3.05) is 31.3 Å². The Hall–Kier alpha value is -2.82. The third kappa shape index (κ3) is 4.85. The average Bonchev–Trinajstić information content (AvgIpc) is 2.55. The first-order valence-electron chi connectivity index (χ1n) is 7.38. The lowest BCUT2D eigenvalue weighted by Crippen LogP contribution is -2.22. The molecule has 0 radical (unpaired) electrons. The minimum Gasteiger partial charge on any atom is -0.376 e. The Morgan fingerprint density at radius 2 is 1.48 bits per heavy atom. The molecule has 0 saturated carbocycles. The number of rotatable bonds is 5. The molecule has 5 heteroatoms. The highest BCUT2D eigenvalue weighted by molar-refractivity contribution is 5.95. The summed E-state index contributed by atoms with van der Waals surface area (Å²) in [5, 5.41) is 5.86. The summed E-state index contributed by atoms with van der Waals surface area (Å²) in [4.78, 5) is 25.2. The predicted molar refractivity (Wildman–Crippen MR) is 92.8 cm³/mol. The number of amides is 2. The van der Waals surface area contributed by atoms with Crippen LogP contribution in [-0.4, -0.2) is 37.4 Å². The summed E-state index contributed by atoms with van der Waals surface area (Å²) in [6.07, 6.45) is 0. The monoisotopic (exact) mass is 311 g/mol. The molecule has 0 spiro atoms. The Morgan fingerprint density at radius 3 is 2.04 bits per heavy atom. The van der Waals surface area contributed by atoms with Gasteiger partial charge in [-0.3, -0.25) is 9.59 Å². The van der Waals surface area contributed by atoms with Crippen molar-refractivity contribution in [3.8, 4) is 0 Å². The topological polar surface area (TPSA) is 61.4 Å². The first-order chi connectivity index (χ1) is 11.0. The minimum absolute atomic E-state index is 0.0475. The predicted octanol–water partition coefficient (Wildman–Crippen LogP) is 2.75.